The number of sulfonamides is 1. The Morgan fingerprint density at radius 2 is 2.06 bits per heavy atom. The van der Waals surface area contributed by atoms with E-state index in [0.717, 1.165) is 6.54 Å². The molecule has 1 aliphatic heterocycles. The maximum Gasteiger partial charge on any atom is 0.389 e. The van der Waals surface area contributed by atoms with Crippen molar-refractivity contribution in [2.75, 3.05) is 25.4 Å². The fraction of sp³-hybridized carbons (Fsp3) is 1.00. The summed E-state index contributed by atoms with van der Waals surface area (Å²) in [7, 11) is -3.58. The topological polar surface area (TPSA) is 49.4 Å². The molecule has 18 heavy (non-hydrogen) atoms. The Morgan fingerprint density at radius 3 is 2.50 bits per heavy atom. The van der Waals surface area contributed by atoms with E-state index in [2.05, 4.69) is 5.32 Å². The normalized spacial score (nSPS) is 21.7. The molecule has 0 saturated carbocycles. The van der Waals surface area contributed by atoms with Crippen LogP contribution < -0.4 is 5.32 Å². The lowest BCUT2D eigenvalue weighted by molar-refractivity contribution is -0.134. The van der Waals surface area contributed by atoms with Crippen molar-refractivity contribution in [3.05, 3.63) is 0 Å². The highest BCUT2D eigenvalue weighted by Crippen LogP contribution is 2.23. The third kappa shape index (κ3) is 4.74. The predicted octanol–water partition coefficient (Wildman–Crippen LogP) is 1.34. The van der Waals surface area contributed by atoms with Crippen molar-refractivity contribution >= 4 is 10.0 Å². The second kappa shape index (κ2) is 6.21. The van der Waals surface area contributed by atoms with E-state index < -0.39 is 28.4 Å². The molecule has 8 heteroatoms. The first kappa shape index (κ1) is 15.7. The first-order chi connectivity index (χ1) is 8.26. The lowest BCUT2D eigenvalue weighted by atomic mass is 10.3. The minimum Gasteiger partial charge on any atom is -0.315 e. The Morgan fingerprint density at radius 1 is 1.39 bits per heavy atom. The summed E-state index contributed by atoms with van der Waals surface area (Å²) < 4.78 is 61.2. The number of likely N-dealkylation sites (N-methyl/N-ethyl adjacent to an activating group) is 1. The van der Waals surface area contributed by atoms with Crippen LogP contribution in [0.3, 0.4) is 0 Å². The monoisotopic (exact) mass is 288 g/mol. The van der Waals surface area contributed by atoms with Gasteiger partial charge in [-0.2, -0.15) is 17.5 Å². The van der Waals surface area contributed by atoms with Crippen LogP contribution in [0.2, 0.25) is 0 Å². The lowest BCUT2D eigenvalue weighted by Gasteiger charge is -2.26. The summed E-state index contributed by atoms with van der Waals surface area (Å²) in [5.41, 5.74) is 0. The van der Waals surface area contributed by atoms with E-state index in [1.165, 1.54) is 4.31 Å². The first-order valence-electron chi connectivity index (χ1n) is 6.03. The molecule has 0 aromatic carbocycles. The Hall–Kier alpha value is -0.340. The molecule has 1 rings (SSSR count). The minimum absolute atomic E-state index is 0.120. The van der Waals surface area contributed by atoms with Crippen LogP contribution in [0.4, 0.5) is 13.2 Å². The molecule has 1 unspecified atom stereocenters. The van der Waals surface area contributed by atoms with Crippen molar-refractivity contribution in [2.45, 2.75) is 38.4 Å². The van der Waals surface area contributed by atoms with Crippen molar-refractivity contribution in [1.29, 1.82) is 0 Å². The largest absolute Gasteiger partial charge is 0.389 e. The van der Waals surface area contributed by atoms with Gasteiger partial charge in [0.05, 0.1) is 5.75 Å². The van der Waals surface area contributed by atoms with E-state index in [1.807, 2.05) is 0 Å². The summed E-state index contributed by atoms with van der Waals surface area (Å²) >= 11 is 0. The molecular formula is C10H19F3N2O2S. The maximum atomic E-state index is 12.0. The number of hydrogen-bond acceptors (Lipinski definition) is 3. The van der Waals surface area contributed by atoms with Crippen LogP contribution in [0.25, 0.3) is 0 Å². The summed E-state index contributed by atoms with van der Waals surface area (Å²) in [6.07, 6.45) is -5.00. The van der Waals surface area contributed by atoms with Crippen LogP contribution in [0.5, 0.6) is 0 Å². The summed E-state index contributed by atoms with van der Waals surface area (Å²) in [5.74, 6) is -0.434. The quantitative estimate of drug-likeness (QED) is 0.802. The van der Waals surface area contributed by atoms with Gasteiger partial charge in [0.1, 0.15) is 0 Å². The highest BCUT2D eigenvalue weighted by atomic mass is 32.2. The first-order valence-corrected chi connectivity index (χ1v) is 7.64. The Bertz CT molecular complexity index is 351. The standard InChI is InChI=1S/C10H19F3N2O2S/c1-2-15(9-4-6-14-8-9)18(16,17)7-3-5-10(11,12)13/h9,14H,2-8H2,1H3. The molecule has 1 saturated heterocycles. The Kier molecular flexibility index (Phi) is 5.42. The van der Waals surface area contributed by atoms with E-state index in [9.17, 15) is 21.6 Å². The van der Waals surface area contributed by atoms with E-state index in [0.29, 0.717) is 19.5 Å². The average Bonchev–Trinajstić information content (AvgIpc) is 2.68. The molecular weight excluding hydrogens is 269 g/mol. The van der Waals surface area contributed by atoms with E-state index in [4.69, 9.17) is 0 Å². The number of rotatable bonds is 6. The van der Waals surface area contributed by atoms with Gasteiger partial charge in [-0.15, -0.1) is 0 Å². The number of nitrogens with zero attached hydrogens (tertiary/aromatic N) is 1. The average molecular weight is 288 g/mol. The number of nitrogens with one attached hydrogen (secondary N) is 1. The molecule has 0 amide bonds. The molecule has 4 nitrogen and oxygen atoms in total. The molecule has 0 aromatic heterocycles. The molecule has 0 radical (unpaired) electrons. The van der Waals surface area contributed by atoms with Gasteiger partial charge in [-0.1, -0.05) is 6.92 Å². The molecule has 0 bridgehead atoms. The number of hydrogen-bond donors (Lipinski definition) is 1. The molecule has 1 atom stereocenters. The van der Waals surface area contributed by atoms with Crippen molar-refractivity contribution in [3.8, 4) is 0 Å². The van der Waals surface area contributed by atoms with Gasteiger partial charge in [-0.05, 0) is 19.4 Å². The SMILES string of the molecule is CCN(C1CCNC1)S(=O)(=O)CCCC(F)(F)F. The molecule has 0 aliphatic carbocycles. The van der Waals surface area contributed by atoms with Gasteiger partial charge >= 0.3 is 6.18 Å². The van der Waals surface area contributed by atoms with Gasteiger partial charge in [-0.25, -0.2) is 8.42 Å². The molecule has 0 aromatic rings. The van der Waals surface area contributed by atoms with E-state index in [1.54, 1.807) is 6.92 Å². The molecule has 0 spiro atoms. The van der Waals surface area contributed by atoms with Crippen molar-refractivity contribution < 1.29 is 21.6 Å². The summed E-state index contributed by atoms with van der Waals surface area (Å²) in [5, 5.41) is 3.05. The van der Waals surface area contributed by atoms with Gasteiger partial charge in [0, 0.05) is 25.6 Å². The summed E-state index contributed by atoms with van der Waals surface area (Å²) in [6.45, 7) is 3.34. The van der Waals surface area contributed by atoms with Gasteiger partial charge in [0.2, 0.25) is 10.0 Å². The van der Waals surface area contributed by atoms with Crippen LogP contribution >= 0.6 is 0 Å². The van der Waals surface area contributed by atoms with Crippen LogP contribution in [0.15, 0.2) is 0 Å². The van der Waals surface area contributed by atoms with Gasteiger partial charge < -0.3 is 5.32 Å². The Labute approximate surface area is 106 Å². The number of alkyl halides is 3. The molecule has 1 aliphatic rings. The fourth-order valence-corrected chi connectivity index (χ4v) is 3.91. The predicted molar refractivity (Wildman–Crippen MR) is 62.7 cm³/mol. The zero-order valence-electron chi connectivity index (χ0n) is 10.3. The maximum absolute atomic E-state index is 12.0. The highest BCUT2D eigenvalue weighted by Gasteiger charge is 2.32. The molecule has 108 valence electrons. The van der Waals surface area contributed by atoms with Gasteiger partial charge in [0.25, 0.3) is 0 Å². The molecule has 1 fully saturated rings. The fourth-order valence-electron chi connectivity index (χ4n) is 2.14. The van der Waals surface area contributed by atoms with Gasteiger partial charge in [0.15, 0.2) is 0 Å². The van der Waals surface area contributed by atoms with Crippen molar-refractivity contribution in [1.82, 2.24) is 9.62 Å². The summed E-state index contributed by atoms with van der Waals surface area (Å²) in [6, 6.07) is -0.120. The third-order valence-corrected chi connectivity index (χ3v) is 5.05. The lowest BCUT2D eigenvalue weighted by Crippen LogP contribution is -2.42. The van der Waals surface area contributed by atoms with Crippen LogP contribution in [-0.4, -0.2) is 50.3 Å². The zero-order chi connectivity index (χ0) is 13.8. The van der Waals surface area contributed by atoms with E-state index >= 15 is 0 Å². The highest BCUT2D eigenvalue weighted by molar-refractivity contribution is 7.89. The van der Waals surface area contributed by atoms with Crippen LogP contribution in [-0.2, 0) is 10.0 Å². The van der Waals surface area contributed by atoms with Crippen molar-refractivity contribution in [2.24, 2.45) is 0 Å². The zero-order valence-corrected chi connectivity index (χ0v) is 11.1. The molecule has 1 heterocycles. The summed E-state index contributed by atoms with van der Waals surface area (Å²) in [4.78, 5) is 0. The Balaban J connectivity index is 2.54. The smallest absolute Gasteiger partial charge is 0.315 e. The van der Waals surface area contributed by atoms with E-state index in [-0.39, 0.29) is 12.5 Å². The van der Waals surface area contributed by atoms with Crippen molar-refractivity contribution in [3.63, 3.8) is 0 Å². The minimum atomic E-state index is -4.29. The molecule has 1 N–H and O–H groups in total. The van der Waals surface area contributed by atoms with Crippen LogP contribution in [0.1, 0.15) is 26.2 Å². The second-order valence-corrected chi connectivity index (χ2v) is 6.43. The number of halogens is 3. The van der Waals surface area contributed by atoms with Crippen LogP contribution in [0, 0.1) is 0 Å². The third-order valence-electron chi connectivity index (χ3n) is 2.97. The van der Waals surface area contributed by atoms with Gasteiger partial charge in [-0.3, -0.25) is 0 Å². The second-order valence-electron chi connectivity index (χ2n) is 4.38.